The molecular formula is C42H42F2N2O5. The van der Waals surface area contributed by atoms with Crippen molar-refractivity contribution in [1.82, 2.24) is 9.13 Å². The molecule has 0 unspecified atom stereocenters. The summed E-state index contributed by atoms with van der Waals surface area (Å²) in [7, 11) is 3.34. The number of carbonyl (C=O) groups is 1. The van der Waals surface area contributed by atoms with E-state index in [1.807, 2.05) is 16.7 Å². The van der Waals surface area contributed by atoms with Crippen molar-refractivity contribution in [3.05, 3.63) is 129 Å². The molecule has 1 N–H and O–H groups in total. The van der Waals surface area contributed by atoms with Crippen LogP contribution in [0, 0.1) is 11.6 Å². The third kappa shape index (κ3) is 6.58. The molecule has 0 aliphatic heterocycles. The molecule has 2 aliphatic carbocycles. The van der Waals surface area contributed by atoms with Crippen LogP contribution in [0.5, 0.6) is 11.5 Å². The van der Waals surface area contributed by atoms with Crippen molar-refractivity contribution in [2.75, 3.05) is 20.8 Å². The highest BCUT2D eigenvalue weighted by atomic mass is 19.1. The third-order valence-corrected chi connectivity index (χ3v) is 10.1. The number of aliphatic hydroxyl groups excluding tert-OH is 1. The quantitative estimate of drug-likeness (QED) is 0.154. The number of aromatic nitrogens is 2. The van der Waals surface area contributed by atoms with Crippen molar-refractivity contribution < 1.29 is 32.9 Å². The topological polar surface area (TPSA) is 74.8 Å². The van der Waals surface area contributed by atoms with Gasteiger partial charge in [-0.15, -0.1) is 0 Å². The highest BCUT2D eigenvalue weighted by molar-refractivity contribution is 6.00. The SMILES string of the molecule is CCOC(=O)c1cc2c(OC)cc3c(c2n1Cc1ccc(F)cc1)CCC3.COc1cc2c(c3c1cc(CO)n3Cc1ccc(F)cc1)CCC2. The van der Waals surface area contributed by atoms with Crippen LogP contribution >= 0.6 is 0 Å². The minimum atomic E-state index is -0.357. The molecule has 0 atom stereocenters. The fraction of sp³-hybridized carbons (Fsp3) is 0.310. The zero-order valence-corrected chi connectivity index (χ0v) is 29.2. The normalized spacial score (nSPS) is 13.2. The summed E-state index contributed by atoms with van der Waals surface area (Å²) in [5.74, 6) is 0.766. The van der Waals surface area contributed by atoms with Gasteiger partial charge in [-0.3, -0.25) is 0 Å². The second-order valence-corrected chi connectivity index (χ2v) is 13.1. The van der Waals surface area contributed by atoms with Crippen molar-refractivity contribution in [3.63, 3.8) is 0 Å². The summed E-state index contributed by atoms with van der Waals surface area (Å²) in [6.45, 7) is 3.15. The van der Waals surface area contributed by atoms with Crippen molar-refractivity contribution in [2.24, 2.45) is 0 Å². The number of ether oxygens (including phenoxy) is 3. The van der Waals surface area contributed by atoms with E-state index in [9.17, 15) is 18.7 Å². The van der Waals surface area contributed by atoms with Crippen LogP contribution < -0.4 is 9.47 Å². The van der Waals surface area contributed by atoms with Gasteiger partial charge in [0.25, 0.3) is 0 Å². The number of nitrogens with zero attached hydrogens (tertiary/aromatic N) is 2. The number of halogens is 2. The van der Waals surface area contributed by atoms with E-state index in [4.69, 9.17) is 14.2 Å². The predicted octanol–water partition coefficient (Wildman–Crippen LogP) is 8.32. The van der Waals surface area contributed by atoms with E-state index < -0.39 is 0 Å². The van der Waals surface area contributed by atoms with E-state index in [1.54, 1.807) is 45.4 Å². The Kier molecular flexibility index (Phi) is 9.82. The Bertz CT molecular complexity index is 2220. The Morgan fingerprint density at radius 1 is 0.706 bits per heavy atom. The van der Waals surface area contributed by atoms with Crippen molar-refractivity contribution >= 4 is 27.8 Å². The number of hydrogen-bond donors (Lipinski definition) is 1. The van der Waals surface area contributed by atoms with E-state index in [0.29, 0.717) is 25.4 Å². The molecule has 0 bridgehead atoms. The first-order chi connectivity index (χ1) is 24.8. The summed E-state index contributed by atoms with van der Waals surface area (Å²) in [4.78, 5) is 12.6. The summed E-state index contributed by atoms with van der Waals surface area (Å²) in [6.07, 6.45) is 6.34. The fourth-order valence-corrected chi connectivity index (χ4v) is 7.78. The molecule has 4 aromatic carbocycles. The van der Waals surface area contributed by atoms with Crippen LogP contribution in [0.1, 0.15) is 69.3 Å². The molecule has 0 amide bonds. The van der Waals surface area contributed by atoms with Gasteiger partial charge in [0.15, 0.2) is 0 Å². The van der Waals surface area contributed by atoms with Crippen LogP contribution in [0.15, 0.2) is 72.8 Å². The molecule has 0 spiro atoms. The van der Waals surface area contributed by atoms with Gasteiger partial charge in [0, 0.05) is 29.6 Å². The van der Waals surface area contributed by atoms with Gasteiger partial charge in [-0.1, -0.05) is 24.3 Å². The van der Waals surface area contributed by atoms with Crippen molar-refractivity contribution in [3.8, 4) is 11.5 Å². The lowest BCUT2D eigenvalue weighted by molar-refractivity contribution is 0.0515. The molecule has 264 valence electrons. The number of methoxy groups -OCH3 is 2. The molecule has 6 aromatic rings. The number of aliphatic hydroxyl groups is 1. The third-order valence-electron chi connectivity index (χ3n) is 10.1. The first-order valence-electron chi connectivity index (χ1n) is 17.5. The minimum Gasteiger partial charge on any atom is -0.496 e. The molecule has 2 aliphatic rings. The number of fused-ring (bicyclic) bond motifs is 6. The van der Waals surface area contributed by atoms with E-state index in [2.05, 4.69) is 16.7 Å². The lowest BCUT2D eigenvalue weighted by Crippen LogP contribution is -2.13. The molecule has 8 rings (SSSR count). The first kappa shape index (κ1) is 34.3. The lowest BCUT2D eigenvalue weighted by Gasteiger charge is -2.14. The molecular weight excluding hydrogens is 650 g/mol. The molecule has 0 saturated heterocycles. The van der Waals surface area contributed by atoms with Crippen LogP contribution in [-0.4, -0.2) is 41.0 Å². The fourth-order valence-electron chi connectivity index (χ4n) is 7.78. The summed E-state index contributed by atoms with van der Waals surface area (Å²) in [5.41, 5.74) is 10.7. The zero-order valence-electron chi connectivity index (χ0n) is 29.2. The van der Waals surface area contributed by atoms with Gasteiger partial charge in [0.2, 0.25) is 0 Å². The van der Waals surface area contributed by atoms with Gasteiger partial charge in [-0.05, 0) is 127 Å². The number of rotatable bonds is 9. The number of benzene rings is 4. The summed E-state index contributed by atoms with van der Waals surface area (Å²) < 4.78 is 47.1. The zero-order chi connectivity index (χ0) is 35.6. The molecule has 2 aromatic heterocycles. The summed E-state index contributed by atoms with van der Waals surface area (Å²) >= 11 is 0. The average Bonchev–Trinajstić information content (AvgIpc) is 3.95. The molecule has 9 heteroatoms. The molecule has 51 heavy (non-hydrogen) atoms. The van der Waals surface area contributed by atoms with Crippen LogP contribution in [-0.2, 0) is 50.1 Å². The smallest absolute Gasteiger partial charge is 0.354 e. The molecule has 0 fully saturated rings. The van der Waals surface area contributed by atoms with E-state index in [0.717, 1.165) is 88.7 Å². The monoisotopic (exact) mass is 692 g/mol. The maximum Gasteiger partial charge on any atom is 0.354 e. The van der Waals surface area contributed by atoms with Gasteiger partial charge < -0.3 is 28.5 Å². The highest BCUT2D eigenvalue weighted by Crippen LogP contribution is 2.40. The maximum absolute atomic E-state index is 13.3. The van der Waals surface area contributed by atoms with Gasteiger partial charge in [0.1, 0.15) is 28.8 Å². The number of aryl methyl sites for hydroxylation is 4. The molecule has 0 saturated carbocycles. The largest absolute Gasteiger partial charge is 0.496 e. The molecule has 2 heterocycles. The number of carbonyl (C=O) groups excluding carboxylic acids is 1. The van der Waals surface area contributed by atoms with Crippen molar-refractivity contribution in [1.29, 1.82) is 0 Å². The van der Waals surface area contributed by atoms with Crippen LogP contribution in [0.25, 0.3) is 21.8 Å². The van der Waals surface area contributed by atoms with Gasteiger partial charge in [-0.2, -0.15) is 0 Å². The Labute approximate surface area is 296 Å². The Hall–Kier alpha value is -5.15. The Morgan fingerprint density at radius 3 is 1.69 bits per heavy atom. The highest BCUT2D eigenvalue weighted by Gasteiger charge is 2.26. The van der Waals surface area contributed by atoms with Gasteiger partial charge in [0.05, 0.1) is 38.5 Å². The molecule has 7 nitrogen and oxygen atoms in total. The maximum atomic E-state index is 13.3. The number of esters is 1. The van der Waals surface area contributed by atoms with Crippen LogP contribution in [0.2, 0.25) is 0 Å². The van der Waals surface area contributed by atoms with Gasteiger partial charge in [-0.25, -0.2) is 13.6 Å². The first-order valence-corrected chi connectivity index (χ1v) is 17.5. The summed E-state index contributed by atoms with van der Waals surface area (Å²) in [5, 5.41) is 11.8. The predicted molar refractivity (Wildman–Crippen MR) is 194 cm³/mol. The van der Waals surface area contributed by atoms with E-state index in [-0.39, 0.29) is 24.2 Å². The standard InChI is InChI=1S/C22H22FNO3.C20H20FNO2/c1-3-27-22(25)19-12-18-20(26-2)11-15-5-4-6-17(15)21(18)24(19)13-14-7-9-16(23)10-8-14;1-24-19-9-14-3-2-4-17(14)20-18(19)10-16(12-23)22(20)11-13-5-7-15(21)8-6-13/h7-12H,3-6,13H2,1-2H3;5-10,23H,2-4,11-12H2,1H3. The minimum absolute atomic E-state index is 0.0339. The molecule has 0 radical (unpaired) electrons. The van der Waals surface area contributed by atoms with E-state index >= 15 is 0 Å². The number of hydrogen-bond acceptors (Lipinski definition) is 5. The lowest BCUT2D eigenvalue weighted by atomic mass is 10.1. The second kappa shape index (κ2) is 14.6. The van der Waals surface area contributed by atoms with Crippen molar-refractivity contribution in [2.45, 2.75) is 65.1 Å². The Balaban J connectivity index is 0.000000160. The van der Waals surface area contributed by atoms with E-state index in [1.165, 1.54) is 46.5 Å². The second-order valence-electron chi connectivity index (χ2n) is 13.1. The van der Waals surface area contributed by atoms with Gasteiger partial charge >= 0.3 is 5.97 Å². The average molecular weight is 693 g/mol. The summed E-state index contributed by atoms with van der Waals surface area (Å²) in [6, 6.07) is 21.0. The Morgan fingerprint density at radius 2 is 1.20 bits per heavy atom. The van der Waals surface area contributed by atoms with Crippen LogP contribution in [0.4, 0.5) is 8.78 Å². The van der Waals surface area contributed by atoms with Crippen LogP contribution in [0.3, 0.4) is 0 Å².